The van der Waals surface area contributed by atoms with Crippen molar-refractivity contribution >= 4 is 34.9 Å². The summed E-state index contributed by atoms with van der Waals surface area (Å²) in [6, 6.07) is 14.1. The highest BCUT2D eigenvalue weighted by atomic mass is 35.5. The molecule has 4 heterocycles. The second-order valence-electron chi connectivity index (χ2n) is 9.24. The number of aliphatic imine (C=N–C) groups is 1. The minimum atomic E-state index is -0.294. The molecular weight excluding hydrogens is 541 g/mol. The van der Waals surface area contributed by atoms with Crippen LogP contribution in [-0.4, -0.2) is 48.5 Å². The Morgan fingerprint density at radius 2 is 1.95 bits per heavy atom. The largest absolute Gasteiger partial charge is 0.469 e. The minimum absolute atomic E-state index is 0.183. The summed E-state index contributed by atoms with van der Waals surface area (Å²) in [6.45, 7) is 0. The number of aryl methyl sites for hydroxylation is 1. The molecule has 2 aromatic heterocycles. The average molecular weight is 562 g/mol. The quantitative estimate of drug-likeness (QED) is 0.257. The van der Waals surface area contributed by atoms with E-state index in [9.17, 15) is 9.59 Å². The van der Waals surface area contributed by atoms with Gasteiger partial charge in [-0.25, -0.2) is 9.98 Å². The van der Waals surface area contributed by atoms with Crippen molar-refractivity contribution in [3.63, 3.8) is 0 Å². The van der Waals surface area contributed by atoms with Crippen LogP contribution in [0, 0.1) is 0 Å². The first-order chi connectivity index (χ1) is 18.9. The number of benzene rings is 2. The molecule has 2 aromatic carbocycles. The van der Waals surface area contributed by atoms with Gasteiger partial charge in [-0.2, -0.15) is 4.68 Å². The Hall–Kier alpha value is -4.15. The van der Waals surface area contributed by atoms with E-state index in [2.05, 4.69) is 20.5 Å². The lowest BCUT2D eigenvalue weighted by atomic mass is 9.97. The predicted molar refractivity (Wildman–Crippen MR) is 145 cm³/mol. The third-order valence-corrected chi connectivity index (χ3v) is 7.49. The number of esters is 1. The van der Waals surface area contributed by atoms with Gasteiger partial charge in [-0.05, 0) is 51.7 Å². The Morgan fingerprint density at radius 1 is 1.13 bits per heavy atom. The van der Waals surface area contributed by atoms with Gasteiger partial charge in [0.05, 0.1) is 36.7 Å². The van der Waals surface area contributed by atoms with Crippen molar-refractivity contribution in [3.05, 3.63) is 97.9 Å². The van der Waals surface area contributed by atoms with Crippen molar-refractivity contribution in [2.24, 2.45) is 4.99 Å². The van der Waals surface area contributed by atoms with E-state index in [1.807, 2.05) is 24.3 Å². The Labute approximate surface area is 232 Å². The van der Waals surface area contributed by atoms with Crippen LogP contribution in [0.5, 0.6) is 0 Å². The zero-order valence-corrected chi connectivity index (χ0v) is 22.2. The molecule has 0 aliphatic carbocycles. The zero-order valence-electron chi connectivity index (χ0n) is 20.7. The molecule has 0 bridgehead atoms. The lowest BCUT2D eigenvalue weighted by Crippen LogP contribution is -2.25. The molecule has 0 unspecified atom stereocenters. The van der Waals surface area contributed by atoms with Gasteiger partial charge in [0, 0.05) is 29.5 Å². The van der Waals surface area contributed by atoms with E-state index in [0.29, 0.717) is 52.2 Å². The highest BCUT2D eigenvalue weighted by Gasteiger charge is 2.33. The van der Waals surface area contributed by atoms with Crippen LogP contribution in [0.1, 0.15) is 35.8 Å². The van der Waals surface area contributed by atoms with Gasteiger partial charge >= 0.3 is 5.97 Å². The molecule has 10 nitrogen and oxygen atoms in total. The molecule has 4 aromatic rings. The van der Waals surface area contributed by atoms with Crippen LogP contribution in [0.15, 0.2) is 75.4 Å². The number of halogens is 2. The molecule has 0 amide bonds. The SMILES string of the molecule is COC(=O)Cc1ccc(C2=NC(Cl)=C([C@@H]3CCc4nc(-c5cc(Cl)ccc5-n5cnnn5)cc(=O)n43)C2)cc1. The molecule has 6 rings (SSSR count). The molecule has 12 heteroatoms. The van der Waals surface area contributed by atoms with Crippen LogP contribution in [-0.2, 0) is 22.4 Å². The van der Waals surface area contributed by atoms with Crippen molar-refractivity contribution < 1.29 is 9.53 Å². The summed E-state index contributed by atoms with van der Waals surface area (Å²) in [4.78, 5) is 34.5. The lowest BCUT2D eigenvalue weighted by Gasteiger charge is -2.17. The number of carbonyl (C=O) groups is 1. The van der Waals surface area contributed by atoms with E-state index in [1.165, 1.54) is 24.2 Å². The third kappa shape index (κ3) is 4.77. The summed E-state index contributed by atoms with van der Waals surface area (Å²) >= 11 is 12.9. The Morgan fingerprint density at radius 3 is 2.69 bits per heavy atom. The summed E-state index contributed by atoms with van der Waals surface area (Å²) in [5.74, 6) is 0.375. The first-order valence-electron chi connectivity index (χ1n) is 12.2. The van der Waals surface area contributed by atoms with Crippen LogP contribution in [0.25, 0.3) is 16.9 Å². The molecule has 0 saturated carbocycles. The lowest BCUT2D eigenvalue weighted by molar-refractivity contribution is -0.139. The fourth-order valence-corrected chi connectivity index (χ4v) is 5.52. The molecule has 2 aliphatic rings. The summed E-state index contributed by atoms with van der Waals surface area (Å²) in [6.07, 6.45) is 3.50. The number of tetrazole rings is 1. The number of aromatic nitrogens is 6. The van der Waals surface area contributed by atoms with E-state index in [1.54, 1.807) is 22.8 Å². The Kier molecular flexibility index (Phi) is 6.58. The summed E-state index contributed by atoms with van der Waals surface area (Å²) in [5.41, 5.74) is 5.09. The third-order valence-electron chi connectivity index (χ3n) is 6.93. The predicted octanol–water partition coefficient (Wildman–Crippen LogP) is 4.09. The number of ether oxygens (including phenoxy) is 1. The zero-order chi connectivity index (χ0) is 27.1. The Bertz CT molecular complexity index is 1710. The highest BCUT2D eigenvalue weighted by molar-refractivity contribution is 6.32. The van der Waals surface area contributed by atoms with Crippen LogP contribution in [0.4, 0.5) is 0 Å². The van der Waals surface area contributed by atoms with Crippen molar-refractivity contribution in [1.29, 1.82) is 0 Å². The van der Waals surface area contributed by atoms with Crippen LogP contribution in [0.2, 0.25) is 5.02 Å². The van der Waals surface area contributed by atoms with Crippen molar-refractivity contribution in [2.75, 3.05) is 7.11 Å². The van der Waals surface area contributed by atoms with Crippen molar-refractivity contribution in [1.82, 2.24) is 29.8 Å². The number of carbonyl (C=O) groups excluding carboxylic acids is 1. The van der Waals surface area contributed by atoms with Gasteiger partial charge in [0.15, 0.2) is 0 Å². The molecule has 0 N–H and O–H groups in total. The first kappa shape index (κ1) is 25.1. The van der Waals surface area contributed by atoms with E-state index < -0.39 is 0 Å². The maximum atomic E-state index is 13.5. The van der Waals surface area contributed by atoms with Gasteiger partial charge < -0.3 is 4.74 Å². The smallest absolute Gasteiger partial charge is 0.309 e. The van der Waals surface area contributed by atoms with Gasteiger partial charge in [-0.3, -0.25) is 14.2 Å². The number of hydrogen-bond donors (Lipinski definition) is 0. The summed E-state index contributed by atoms with van der Waals surface area (Å²) in [5, 5.41) is 12.3. The second kappa shape index (κ2) is 10.2. The first-order valence-corrected chi connectivity index (χ1v) is 12.9. The fraction of sp³-hybridized carbons (Fsp3) is 0.222. The van der Waals surface area contributed by atoms with Gasteiger partial charge in [0.25, 0.3) is 5.56 Å². The number of methoxy groups -OCH3 is 1. The molecular formula is C27H21Cl2N7O3. The number of rotatable bonds is 6. The summed E-state index contributed by atoms with van der Waals surface area (Å²) in [7, 11) is 1.37. The monoisotopic (exact) mass is 561 g/mol. The maximum Gasteiger partial charge on any atom is 0.309 e. The van der Waals surface area contributed by atoms with Crippen molar-refractivity contribution in [3.8, 4) is 16.9 Å². The topological polar surface area (TPSA) is 117 Å². The van der Waals surface area contributed by atoms with Gasteiger partial charge in [0.1, 0.15) is 17.3 Å². The molecule has 2 aliphatic heterocycles. The normalized spacial score (nSPS) is 16.4. The fourth-order valence-electron chi connectivity index (χ4n) is 5.06. The second-order valence-corrected chi connectivity index (χ2v) is 10.0. The average Bonchev–Trinajstić information content (AvgIpc) is 3.69. The summed E-state index contributed by atoms with van der Waals surface area (Å²) < 4.78 is 7.95. The molecule has 39 heavy (non-hydrogen) atoms. The van der Waals surface area contributed by atoms with Crippen LogP contribution in [0.3, 0.4) is 0 Å². The maximum absolute atomic E-state index is 13.5. The number of nitrogens with zero attached hydrogens (tertiary/aromatic N) is 7. The standard InChI is InChI=1S/C27H21Cl2N7O3/c1-39-26(38)10-15-2-4-16(5-3-15)20-12-19(27(29)32-20)23-8-9-24-31-21(13-25(37)36(23)24)18-11-17(28)6-7-22(18)35-14-30-33-34-35/h2-7,11,13-14,23H,8-10,12H2,1H3/t23-/m0/s1. The van der Waals surface area contributed by atoms with Crippen molar-refractivity contribution in [2.45, 2.75) is 31.7 Å². The van der Waals surface area contributed by atoms with E-state index >= 15 is 0 Å². The molecule has 196 valence electrons. The van der Waals surface area contributed by atoms with Crippen LogP contribution < -0.4 is 5.56 Å². The number of fused-ring (bicyclic) bond motifs is 1. The van der Waals surface area contributed by atoms with E-state index in [-0.39, 0.29) is 24.0 Å². The number of hydrogen-bond acceptors (Lipinski definition) is 8. The molecule has 0 fully saturated rings. The number of allylic oxidation sites excluding steroid dienone is 1. The minimum Gasteiger partial charge on any atom is -0.469 e. The molecule has 0 radical (unpaired) electrons. The van der Waals surface area contributed by atoms with Crippen LogP contribution >= 0.6 is 23.2 Å². The molecule has 0 spiro atoms. The van der Waals surface area contributed by atoms with E-state index in [0.717, 1.165) is 22.4 Å². The molecule has 1 atom stereocenters. The Balaban J connectivity index is 1.27. The van der Waals surface area contributed by atoms with Gasteiger partial charge in [-0.15, -0.1) is 5.10 Å². The molecule has 0 saturated heterocycles. The van der Waals surface area contributed by atoms with E-state index in [4.69, 9.17) is 32.9 Å². The highest BCUT2D eigenvalue weighted by Crippen LogP contribution is 2.39. The van der Waals surface area contributed by atoms with Gasteiger partial charge in [0.2, 0.25) is 0 Å². The van der Waals surface area contributed by atoms with Gasteiger partial charge in [-0.1, -0.05) is 47.5 Å².